The molecule has 1 aromatic heterocycles. The summed E-state index contributed by atoms with van der Waals surface area (Å²) in [6.07, 6.45) is 2.25. The van der Waals surface area contributed by atoms with Gasteiger partial charge in [-0.3, -0.25) is 9.59 Å². The normalized spacial score (nSPS) is 10.3. The Balaban J connectivity index is 1.54. The number of hydrogen-bond acceptors (Lipinski definition) is 5. The second-order valence-electron chi connectivity index (χ2n) is 6.23. The van der Waals surface area contributed by atoms with Gasteiger partial charge in [-0.05, 0) is 66.6 Å². The van der Waals surface area contributed by atoms with Gasteiger partial charge in [0.2, 0.25) is 5.91 Å². The molecule has 0 bridgehead atoms. The highest BCUT2D eigenvalue weighted by molar-refractivity contribution is 6.02. The molecule has 0 aliphatic carbocycles. The van der Waals surface area contributed by atoms with Crippen molar-refractivity contribution in [2.75, 3.05) is 24.9 Å². The van der Waals surface area contributed by atoms with Crippen molar-refractivity contribution in [3.05, 3.63) is 72.2 Å². The van der Waals surface area contributed by atoms with Crippen LogP contribution in [0.4, 0.5) is 11.4 Å². The Labute approximate surface area is 168 Å². The summed E-state index contributed by atoms with van der Waals surface area (Å²) >= 11 is 0. The second kappa shape index (κ2) is 9.45. The molecule has 0 aliphatic heterocycles. The van der Waals surface area contributed by atoms with E-state index in [-0.39, 0.29) is 17.6 Å². The van der Waals surface area contributed by atoms with E-state index in [1.807, 2.05) is 18.2 Å². The van der Waals surface area contributed by atoms with Crippen molar-refractivity contribution in [3.63, 3.8) is 0 Å². The number of aryl methyl sites for hydroxylation is 1. The van der Waals surface area contributed by atoms with Crippen LogP contribution in [0.3, 0.4) is 0 Å². The van der Waals surface area contributed by atoms with Gasteiger partial charge < -0.3 is 24.5 Å². The van der Waals surface area contributed by atoms with E-state index in [0.29, 0.717) is 30.0 Å². The number of carbonyl (C=O) groups is 2. The van der Waals surface area contributed by atoms with Crippen LogP contribution in [-0.4, -0.2) is 26.0 Å². The summed E-state index contributed by atoms with van der Waals surface area (Å²) in [5.41, 5.74) is 2.15. The van der Waals surface area contributed by atoms with Gasteiger partial charge in [0, 0.05) is 17.8 Å². The van der Waals surface area contributed by atoms with Crippen molar-refractivity contribution in [2.24, 2.45) is 0 Å². The number of rotatable bonds is 8. The smallest absolute Gasteiger partial charge is 0.291 e. The van der Waals surface area contributed by atoms with E-state index in [1.165, 1.54) is 6.26 Å². The third kappa shape index (κ3) is 5.38. The van der Waals surface area contributed by atoms with E-state index in [0.717, 1.165) is 11.3 Å². The number of ether oxygens (including phenoxy) is 2. The number of furan rings is 1. The zero-order valence-corrected chi connectivity index (χ0v) is 16.2. The molecule has 0 spiro atoms. The average Bonchev–Trinajstić information content (AvgIpc) is 3.28. The molecule has 7 heteroatoms. The maximum Gasteiger partial charge on any atom is 0.291 e. The number of nitrogens with one attached hydrogen (secondary N) is 2. The maximum absolute atomic E-state index is 12.3. The van der Waals surface area contributed by atoms with Crippen LogP contribution in [0, 0.1) is 0 Å². The Hall–Kier alpha value is -3.74. The van der Waals surface area contributed by atoms with E-state index in [9.17, 15) is 9.59 Å². The molecule has 3 aromatic rings. The summed E-state index contributed by atoms with van der Waals surface area (Å²) in [6.45, 7) is 0. The fraction of sp³-hybridized carbons (Fsp3) is 0.182. The van der Waals surface area contributed by atoms with Gasteiger partial charge in [-0.25, -0.2) is 0 Å². The molecule has 0 unspecified atom stereocenters. The lowest BCUT2D eigenvalue weighted by Crippen LogP contribution is -2.13. The topological polar surface area (TPSA) is 89.8 Å². The molecular formula is C22H22N2O5. The van der Waals surface area contributed by atoms with Gasteiger partial charge in [0.15, 0.2) is 5.76 Å². The van der Waals surface area contributed by atoms with Crippen molar-refractivity contribution in [3.8, 4) is 11.5 Å². The lowest BCUT2D eigenvalue weighted by Gasteiger charge is -2.11. The molecule has 0 radical (unpaired) electrons. The molecule has 2 aromatic carbocycles. The Morgan fingerprint density at radius 3 is 2.28 bits per heavy atom. The monoisotopic (exact) mass is 394 g/mol. The summed E-state index contributed by atoms with van der Waals surface area (Å²) in [6, 6.07) is 15.6. The minimum absolute atomic E-state index is 0.123. The van der Waals surface area contributed by atoms with Crippen LogP contribution in [0.1, 0.15) is 22.5 Å². The summed E-state index contributed by atoms with van der Waals surface area (Å²) in [4.78, 5) is 24.3. The minimum Gasteiger partial charge on any atom is -0.497 e. The molecule has 29 heavy (non-hydrogen) atoms. The van der Waals surface area contributed by atoms with Crippen LogP contribution in [0.2, 0.25) is 0 Å². The van der Waals surface area contributed by atoms with Crippen LogP contribution >= 0.6 is 0 Å². The highest BCUT2D eigenvalue weighted by Gasteiger charge is 2.10. The first kappa shape index (κ1) is 20.0. The molecule has 0 fully saturated rings. The fourth-order valence-corrected chi connectivity index (χ4v) is 2.79. The fourth-order valence-electron chi connectivity index (χ4n) is 2.79. The van der Waals surface area contributed by atoms with Crippen molar-refractivity contribution in [2.45, 2.75) is 12.8 Å². The van der Waals surface area contributed by atoms with Crippen molar-refractivity contribution >= 4 is 23.2 Å². The Morgan fingerprint density at radius 1 is 0.931 bits per heavy atom. The first-order chi connectivity index (χ1) is 14.1. The number of carbonyl (C=O) groups excluding carboxylic acids is 2. The van der Waals surface area contributed by atoms with Gasteiger partial charge in [0.05, 0.1) is 20.5 Å². The molecule has 0 aliphatic rings. The van der Waals surface area contributed by atoms with Gasteiger partial charge in [-0.15, -0.1) is 0 Å². The second-order valence-corrected chi connectivity index (χ2v) is 6.23. The van der Waals surface area contributed by atoms with Crippen LogP contribution in [0.25, 0.3) is 0 Å². The zero-order chi connectivity index (χ0) is 20.6. The molecule has 0 atom stereocenters. The molecule has 0 saturated carbocycles. The number of anilines is 2. The quantitative estimate of drug-likeness (QED) is 0.600. The Kier molecular flexibility index (Phi) is 6.52. The molecule has 150 valence electrons. The van der Waals surface area contributed by atoms with E-state index < -0.39 is 0 Å². The van der Waals surface area contributed by atoms with Crippen molar-refractivity contribution in [1.82, 2.24) is 0 Å². The summed E-state index contributed by atoms with van der Waals surface area (Å²) in [7, 11) is 3.19. The van der Waals surface area contributed by atoms with Crippen LogP contribution < -0.4 is 20.1 Å². The third-order valence-electron chi connectivity index (χ3n) is 4.28. The van der Waals surface area contributed by atoms with Gasteiger partial charge >= 0.3 is 0 Å². The number of benzene rings is 2. The Morgan fingerprint density at radius 2 is 1.66 bits per heavy atom. The summed E-state index contributed by atoms with van der Waals surface area (Å²) in [5, 5.41) is 5.57. The van der Waals surface area contributed by atoms with Gasteiger partial charge in [-0.2, -0.15) is 0 Å². The predicted octanol–water partition coefficient (Wildman–Crippen LogP) is 4.12. The lowest BCUT2D eigenvalue weighted by molar-refractivity contribution is -0.116. The minimum atomic E-state index is -0.334. The van der Waals surface area contributed by atoms with Crippen molar-refractivity contribution in [1.29, 1.82) is 0 Å². The number of hydrogen-bond donors (Lipinski definition) is 2. The summed E-state index contributed by atoms with van der Waals surface area (Å²) < 4.78 is 15.6. The standard InChI is InChI=1S/C22H22N2O5/c1-27-18-10-11-19(28-2)15(14-18)5-12-21(25)23-16-6-8-17(9-7-16)24-22(26)20-4-3-13-29-20/h3-4,6-11,13-14H,5,12H2,1-2H3,(H,23,25)(H,24,26). The first-order valence-electron chi connectivity index (χ1n) is 9.04. The lowest BCUT2D eigenvalue weighted by atomic mass is 10.1. The highest BCUT2D eigenvalue weighted by atomic mass is 16.5. The maximum atomic E-state index is 12.3. The number of amides is 2. The number of methoxy groups -OCH3 is 2. The van der Waals surface area contributed by atoms with Gasteiger partial charge in [-0.1, -0.05) is 0 Å². The van der Waals surface area contributed by atoms with Crippen LogP contribution in [0.15, 0.2) is 65.3 Å². The summed E-state index contributed by atoms with van der Waals surface area (Å²) in [5.74, 6) is 1.21. The van der Waals surface area contributed by atoms with Crippen LogP contribution in [-0.2, 0) is 11.2 Å². The molecule has 3 rings (SSSR count). The zero-order valence-electron chi connectivity index (χ0n) is 16.2. The van der Waals surface area contributed by atoms with Gasteiger partial charge in [0.1, 0.15) is 11.5 Å². The molecule has 7 nitrogen and oxygen atoms in total. The van der Waals surface area contributed by atoms with E-state index in [1.54, 1.807) is 50.6 Å². The van der Waals surface area contributed by atoms with E-state index in [2.05, 4.69) is 10.6 Å². The molecule has 2 N–H and O–H groups in total. The third-order valence-corrected chi connectivity index (χ3v) is 4.28. The van der Waals surface area contributed by atoms with Crippen LogP contribution in [0.5, 0.6) is 11.5 Å². The first-order valence-corrected chi connectivity index (χ1v) is 9.04. The highest BCUT2D eigenvalue weighted by Crippen LogP contribution is 2.25. The molecule has 0 saturated heterocycles. The largest absolute Gasteiger partial charge is 0.497 e. The predicted molar refractivity (Wildman–Crippen MR) is 110 cm³/mol. The van der Waals surface area contributed by atoms with E-state index in [4.69, 9.17) is 13.9 Å². The molecule has 1 heterocycles. The Bertz CT molecular complexity index is 965. The molecular weight excluding hydrogens is 372 g/mol. The van der Waals surface area contributed by atoms with E-state index >= 15 is 0 Å². The average molecular weight is 394 g/mol. The van der Waals surface area contributed by atoms with Crippen molar-refractivity contribution < 1.29 is 23.5 Å². The van der Waals surface area contributed by atoms with Gasteiger partial charge in [0.25, 0.3) is 5.91 Å². The molecule has 2 amide bonds. The SMILES string of the molecule is COc1ccc(OC)c(CCC(=O)Nc2ccc(NC(=O)c3ccco3)cc2)c1.